The SMILES string of the molecule is Nc1c(N=Nc2ccc3c(O)c(N=Nc4cc(S(=O)(=O)O)ccc4S(=O)(=O)O)c(S(=O)(=O)O)cc3c2S(=O)(=O)O)cc(S(=O)(=O)O)c2cc(S(=O)(=O)O)c(N=Nc3ccc([N+](=O)[O-])cc3S(=O)(=O)O)c(O)c12. The first kappa shape index (κ1) is 54.1. The highest BCUT2D eigenvalue weighted by Crippen LogP contribution is 2.50. The normalized spacial score (nSPS) is 13.5. The van der Waals surface area contributed by atoms with E-state index >= 15 is 0 Å². The van der Waals surface area contributed by atoms with Gasteiger partial charge in [0.15, 0.2) is 11.5 Å². The zero-order valence-electron chi connectivity index (χ0n) is 34.0. The maximum absolute atomic E-state index is 12.9. The van der Waals surface area contributed by atoms with Crippen molar-refractivity contribution in [2.75, 3.05) is 5.73 Å². The fourth-order valence-corrected chi connectivity index (χ4v) is 10.9. The summed E-state index contributed by atoms with van der Waals surface area (Å²) < 4.78 is 242. The number of phenols is 2. The molecule has 40 heteroatoms. The van der Waals surface area contributed by atoms with Gasteiger partial charge in [-0.2, -0.15) is 58.9 Å². The lowest BCUT2D eigenvalue weighted by molar-refractivity contribution is -0.385. The van der Waals surface area contributed by atoms with Gasteiger partial charge in [-0.05, 0) is 54.6 Å². The second kappa shape index (κ2) is 18.1. The Bertz CT molecular complexity index is 4360. The number of non-ortho nitro benzene ring substituents is 1. The largest absolute Gasteiger partial charge is 0.505 e. The fraction of sp³-hybridized carbons (Fsp3) is 0. The van der Waals surface area contributed by atoms with E-state index in [-0.39, 0.29) is 18.2 Å². The van der Waals surface area contributed by atoms with Gasteiger partial charge in [0.1, 0.15) is 63.5 Å². The molecule has 6 aromatic carbocycles. The van der Waals surface area contributed by atoms with Crippen molar-refractivity contribution in [3.8, 4) is 11.5 Å². The molecule has 382 valence electrons. The van der Waals surface area contributed by atoms with Crippen LogP contribution < -0.4 is 5.73 Å². The van der Waals surface area contributed by atoms with Crippen molar-refractivity contribution in [2.45, 2.75) is 34.3 Å². The summed E-state index contributed by atoms with van der Waals surface area (Å²) in [5.74, 6) is -3.03. The van der Waals surface area contributed by atoms with Crippen LogP contribution in [0.2, 0.25) is 0 Å². The summed E-state index contributed by atoms with van der Waals surface area (Å²) in [6, 6.07) is 4.72. The number of hydrogen-bond acceptors (Lipinski definition) is 25. The van der Waals surface area contributed by atoms with Crippen LogP contribution in [0.15, 0.2) is 132 Å². The maximum atomic E-state index is 12.9. The van der Waals surface area contributed by atoms with Crippen molar-refractivity contribution in [1.82, 2.24) is 0 Å². The van der Waals surface area contributed by atoms with Crippen molar-refractivity contribution in [3.63, 3.8) is 0 Å². The van der Waals surface area contributed by atoms with Gasteiger partial charge in [0.05, 0.1) is 20.9 Å². The van der Waals surface area contributed by atoms with E-state index in [0.717, 1.165) is 0 Å². The van der Waals surface area contributed by atoms with Crippen LogP contribution in [0, 0.1) is 10.1 Å². The number of aromatic hydroxyl groups is 2. The summed E-state index contributed by atoms with van der Waals surface area (Å²) in [5, 5.41) is 50.3. The van der Waals surface area contributed by atoms with Crippen LogP contribution in [0.4, 0.5) is 45.5 Å². The molecule has 33 nitrogen and oxygen atoms in total. The molecule has 6 rings (SSSR count). The summed E-state index contributed by atoms with van der Waals surface area (Å²) in [7, 11) is -38.7. The maximum Gasteiger partial charge on any atom is 0.297 e. The van der Waals surface area contributed by atoms with Crippen molar-refractivity contribution in [3.05, 3.63) is 76.8 Å². The Kier molecular flexibility index (Phi) is 13.6. The third-order valence-electron chi connectivity index (χ3n) is 9.29. The molecule has 0 amide bonds. The number of benzene rings is 6. The number of azo groups is 3. The van der Waals surface area contributed by atoms with Crippen LogP contribution in [0.3, 0.4) is 0 Å². The number of hydrogen-bond donors (Lipinski definition) is 10. The number of anilines is 1. The highest BCUT2D eigenvalue weighted by molar-refractivity contribution is 7.87. The summed E-state index contributed by atoms with van der Waals surface area (Å²) in [5.41, 5.74) is -2.77. The van der Waals surface area contributed by atoms with Crippen LogP contribution in [-0.4, -0.2) is 106 Å². The number of nitro benzene ring substituents is 1. The third kappa shape index (κ3) is 10.8. The van der Waals surface area contributed by atoms with Gasteiger partial charge in [-0.15, -0.1) is 30.7 Å². The average Bonchev–Trinajstić information content (AvgIpc) is 3.22. The summed E-state index contributed by atoms with van der Waals surface area (Å²) in [6.07, 6.45) is 0. The van der Waals surface area contributed by atoms with Gasteiger partial charge in [-0.3, -0.25) is 42.0 Å². The molecule has 0 saturated carbocycles. The molecule has 0 bridgehead atoms. The highest BCUT2D eigenvalue weighted by atomic mass is 32.2. The average molecular weight is 1140 g/mol. The zero-order valence-corrected chi connectivity index (χ0v) is 39.7. The van der Waals surface area contributed by atoms with E-state index in [9.17, 15) is 111 Å². The van der Waals surface area contributed by atoms with Crippen molar-refractivity contribution >= 4 is 138 Å². The molecule has 11 N–H and O–H groups in total. The van der Waals surface area contributed by atoms with Crippen molar-refractivity contribution in [2.24, 2.45) is 30.7 Å². The Morgan fingerprint density at radius 3 is 1.39 bits per heavy atom. The lowest BCUT2D eigenvalue weighted by atomic mass is 10.0. The van der Waals surface area contributed by atoms with Gasteiger partial charge >= 0.3 is 0 Å². The summed E-state index contributed by atoms with van der Waals surface area (Å²) in [4.78, 5) is 0.489. The molecule has 0 spiro atoms. The fourth-order valence-electron chi connectivity index (χ4n) is 6.30. The molecule has 0 aliphatic carbocycles. The molecule has 0 fully saturated rings. The predicted octanol–water partition coefficient (Wildman–Crippen LogP) is 4.87. The Morgan fingerprint density at radius 1 is 0.417 bits per heavy atom. The smallest absolute Gasteiger partial charge is 0.297 e. The number of nitrogens with zero attached hydrogens (tertiary/aromatic N) is 7. The van der Waals surface area contributed by atoms with E-state index in [1.54, 1.807) is 0 Å². The first-order chi connectivity index (χ1) is 32.7. The molecule has 6 aromatic rings. The Hall–Kier alpha value is -7.19. The number of nitro groups is 1. The molecule has 0 saturated heterocycles. The lowest BCUT2D eigenvalue weighted by Gasteiger charge is -2.15. The van der Waals surface area contributed by atoms with E-state index in [1.807, 2.05) is 0 Å². The Balaban J connectivity index is 1.62. The molecule has 0 unspecified atom stereocenters. The summed E-state index contributed by atoms with van der Waals surface area (Å²) in [6.45, 7) is 0. The van der Waals surface area contributed by atoms with Gasteiger partial charge in [-0.25, -0.2) is 0 Å². The van der Waals surface area contributed by atoms with E-state index in [1.165, 1.54) is 0 Å². The van der Waals surface area contributed by atoms with Crippen LogP contribution in [0.25, 0.3) is 21.5 Å². The number of phenolic OH excluding ortho intramolecular Hbond substituents is 2. The van der Waals surface area contributed by atoms with Crippen LogP contribution in [-0.2, 0) is 70.8 Å². The Labute approximate surface area is 400 Å². The minimum atomic E-state index is -5.78. The molecule has 0 aliphatic rings. The highest BCUT2D eigenvalue weighted by Gasteiger charge is 2.31. The molecule has 0 heterocycles. The molecule has 0 radical (unpaired) electrons. The molecule has 72 heavy (non-hydrogen) atoms. The third-order valence-corrected chi connectivity index (χ3v) is 15.5. The van der Waals surface area contributed by atoms with Gasteiger partial charge < -0.3 is 15.9 Å². The zero-order chi connectivity index (χ0) is 54.2. The number of rotatable bonds is 14. The van der Waals surface area contributed by atoms with Gasteiger partial charge in [0, 0.05) is 28.3 Å². The van der Waals surface area contributed by atoms with Crippen LogP contribution in [0.5, 0.6) is 11.5 Å². The molecule has 0 aromatic heterocycles. The number of nitrogens with two attached hydrogens (primary N) is 1. The first-order valence-corrected chi connectivity index (χ1v) is 27.8. The second-order valence-electron chi connectivity index (χ2n) is 13.8. The lowest BCUT2D eigenvalue weighted by Crippen LogP contribution is -2.04. The van der Waals surface area contributed by atoms with E-state index in [0.29, 0.717) is 48.5 Å². The minimum Gasteiger partial charge on any atom is -0.505 e. The van der Waals surface area contributed by atoms with Crippen LogP contribution >= 0.6 is 0 Å². The van der Waals surface area contributed by atoms with Crippen LogP contribution in [0.1, 0.15) is 0 Å². The quantitative estimate of drug-likeness (QED) is 0.0229. The number of fused-ring (bicyclic) bond motifs is 2. The Morgan fingerprint density at radius 2 is 0.889 bits per heavy atom. The molecule has 0 atom stereocenters. The minimum absolute atomic E-state index is 0.205. The van der Waals surface area contributed by atoms with Gasteiger partial charge in [0.2, 0.25) is 0 Å². The van der Waals surface area contributed by atoms with E-state index in [4.69, 9.17) is 5.73 Å². The van der Waals surface area contributed by atoms with Crippen molar-refractivity contribution in [1.29, 1.82) is 0 Å². The molecular formula is C32H22N8O25S7. The topological polar surface area (TPSA) is 564 Å². The second-order valence-corrected chi connectivity index (χ2v) is 23.6. The first-order valence-electron chi connectivity index (χ1n) is 17.7. The number of nitrogen functional groups attached to an aromatic ring is 1. The standard InChI is InChI=1S/C32H22N8O25S7/c33-27-20(11-22(68(51,52)53)16-10-25(71(60,61)62)29(31(42)26(16)27)39-34-17-4-1-12(40(43)44)7-23(17)69(54,55)56)37-35-18-5-3-14-15(32(18)72(63,64)65)9-24(70(57,58)59)28(30(14)41)38-36-19-8-13(66(45,46)47)2-6-21(19)67(48,49)50/h1-11,41-42H,33H2,(H,45,46,47)(H,48,49,50)(H,51,52,53)(H,54,55,56)(H,57,58,59)(H,60,61,62)(H,63,64,65). The van der Waals surface area contributed by atoms with E-state index < -0.39 is 189 Å². The molecular weight excluding hydrogens is 1120 g/mol. The van der Waals surface area contributed by atoms with Gasteiger partial charge in [-0.1, -0.05) is 0 Å². The summed E-state index contributed by atoms with van der Waals surface area (Å²) >= 11 is 0. The van der Waals surface area contributed by atoms with E-state index in [2.05, 4.69) is 30.7 Å². The molecule has 0 aliphatic heterocycles. The predicted molar refractivity (Wildman–Crippen MR) is 236 cm³/mol. The van der Waals surface area contributed by atoms with Crippen molar-refractivity contribution < 1.29 is 106 Å². The van der Waals surface area contributed by atoms with Gasteiger partial charge in [0.25, 0.3) is 76.5 Å². The monoisotopic (exact) mass is 1140 g/mol.